The number of amides is 1. The van der Waals surface area contributed by atoms with E-state index in [2.05, 4.69) is 10.1 Å². The standard InChI is InChI=1S/C17H20N4O2S/c1-12(2)21(9-13-7-18-20(3)8-13)16(22)6-15-11-24-17(19-15)14-4-5-23-10-14/h4-5,7-8,10-12H,6,9H2,1-3H3. The number of carbonyl (C=O) groups is 1. The minimum atomic E-state index is 0.0675. The lowest BCUT2D eigenvalue weighted by Crippen LogP contribution is -2.37. The predicted molar refractivity (Wildman–Crippen MR) is 92.4 cm³/mol. The minimum absolute atomic E-state index is 0.0675. The van der Waals surface area contributed by atoms with E-state index in [1.807, 2.05) is 43.4 Å². The molecular weight excluding hydrogens is 324 g/mol. The molecule has 0 bridgehead atoms. The summed E-state index contributed by atoms with van der Waals surface area (Å²) in [5.74, 6) is 0.0675. The van der Waals surface area contributed by atoms with Gasteiger partial charge >= 0.3 is 0 Å². The fourth-order valence-corrected chi connectivity index (χ4v) is 3.28. The minimum Gasteiger partial charge on any atom is -0.472 e. The third-order valence-electron chi connectivity index (χ3n) is 3.71. The molecule has 0 fully saturated rings. The molecule has 0 saturated carbocycles. The maximum absolute atomic E-state index is 12.7. The van der Waals surface area contributed by atoms with Crippen molar-refractivity contribution in [2.45, 2.75) is 32.9 Å². The van der Waals surface area contributed by atoms with Crippen LogP contribution in [0.1, 0.15) is 25.1 Å². The van der Waals surface area contributed by atoms with Crippen LogP contribution in [-0.2, 0) is 24.8 Å². The van der Waals surface area contributed by atoms with Crippen molar-refractivity contribution in [2.24, 2.45) is 7.05 Å². The highest BCUT2D eigenvalue weighted by molar-refractivity contribution is 7.13. The van der Waals surface area contributed by atoms with Crippen LogP contribution in [0.4, 0.5) is 0 Å². The van der Waals surface area contributed by atoms with Gasteiger partial charge < -0.3 is 9.32 Å². The Morgan fingerprint density at radius 2 is 2.29 bits per heavy atom. The average Bonchev–Trinajstić information content (AvgIpc) is 3.25. The van der Waals surface area contributed by atoms with Crippen LogP contribution in [0, 0.1) is 0 Å². The highest BCUT2D eigenvalue weighted by Crippen LogP contribution is 2.24. The van der Waals surface area contributed by atoms with Crippen molar-refractivity contribution in [1.82, 2.24) is 19.7 Å². The van der Waals surface area contributed by atoms with Crippen LogP contribution in [-0.4, -0.2) is 31.6 Å². The fourth-order valence-electron chi connectivity index (χ4n) is 2.47. The predicted octanol–water partition coefficient (Wildman–Crippen LogP) is 3.12. The molecule has 24 heavy (non-hydrogen) atoms. The van der Waals surface area contributed by atoms with Crippen molar-refractivity contribution in [3.05, 3.63) is 47.6 Å². The number of furan rings is 1. The molecular formula is C17H20N4O2S. The van der Waals surface area contributed by atoms with Gasteiger partial charge in [0.2, 0.25) is 5.91 Å². The summed E-state index contributed by atoms with van der Waals surface area (Å²) < 4.78 is 6.83. The van der Waals surface area contributed by atoms with Gasteiger partial charge in [-0.05, 0) is 19.9 Å². The lowest BCUT2D eigenvalue weighted by Gasteiger charge is -2.26. The first kappa shape index (κ1) is 16.4. The Morgan fingerprint density at radius 3 is 2.92 bits per heavy atom. The van der Waals surface area contributed by atoms with Gasteiger partial charge in [0.05, 0.1) is 24.6 Å². The first-order chi connectivity index (χ1) is 11.5. The summed E-state index contributed by atoms with van der Waals surface area (Å²) in [5.41, 5.74) is 2.75. The first-order valence-corrected chi connectivity index (χ1v) is 8.65. The normalized spacial score (nSPS) is 11.2. The molecule has 3 heterocycles. The first-order valence-electron chi connectivity index (χ1n) is 7.77. The van der Waals surface area contributed by atoms with Crippen molar-refractivity contribution in [2.75, 3.05) is 0 Å². The second-order valence-electron chi connectivity index (χ2n) is 5.97. The summed E-state index contributed by atoms with van der Waals surface area (Å²) in [5, 5.41) is 6.97. The van der Waals surface area contributed by atoms with Crippen LogP contribution in [0.5, 0.6) is 0 Å². The summed E-state index contributed by atoms with van der Waals surface area (Å²) in [6, 6.07) is 1.98. The number of aryl methyl sites for hydroxylation is 1. The molecule has 0 saturated heterocycles. The topological polar surface area (TPSA) is 64.2 Å². The molecule has 0 N–H and O–H groups in total. The Hall–Kier alpha value is -2.41. The van der Waals surface area contributed by atoms with Gasteiger partial charge in [0.1, 0.15) is 11.3 Å². The molecule has 0 aromatic carbocycles. The van der Waals surface area contributed by atoms with Crippen LogP contribution in [0.2, 0.25) is 0 Å². The zero-order valence-electron chi connectivity index (χ0n) is 14.0. The highest BCUT2D eigenvalue weighted by atomic mass is 32.1. The van der Waals surface area contributed by atoms with E-state index in [1.165, 1.54) is 11.3 Å². The van der Waals surface area contributed by atoms with E-state index < -0.39 is 0 Å². The molecule has 6 nitrogen and oxygen atoms in total. The third kappa shape index (κ3) is 3.73. The van der Waals surface area contributed by atoms with Crippen molar-refractivity contribution in [1.29, 1.82) is 0 Å². The molecule has 0 atom stereocenters. The Morgan fingerprint density at radius 1 is 1.46 bits per heavy atom. The maximum Gasteiger partial charge on any atom is 0.229 e. The van der Waals surface area contributed by atoms with Gasteiger partial charge in [0, 0.05) is 42.3 Å². The van der Waals surface area contributed by atoms with Gasteiger partial charge in [-0.15, -0.1) is 11.3 Å². The van der Waals surface area contributed by atoms with E-state index in [1.54, 1.807) is 23.4 Å². The lowest BCUT2D eigenvalue weighted by atomic mass is 10.2. The Kier molecular flexibility index (Phi) is 4.80. The second kappa shape index (κ2) is 7.00. The summed E-state index contributed by atoms with van der Waals surface area (Å²) in [6.45, 7) is 4.60. The van der Waals surface area contributed by atoms with Crippen molar-refractivity contribution in [3.63, 3.8) is 0 Å². The van der Waals surface area contributed by atoms with E-state index in [-0.39, 0.29) is 11.9 Å². The molecule has 1 amide bonds. The van der Waals surface area contributed by atoms with Crippen molar-refractivity contribution in [3.8, 4) is 10.6 Å². The van der Waals surface area contributed by atoms with Gasteiger partial charge in [-0.25, -0.2) is 4.98 Å². The van der Waals surface area contributed by atoms with Crippen molar-refractivity contribution >= 4 is 17.2 Å². The number of rotatable bonds is 6. The molecule has 7 heteroatoms. The summed E-state index contributed by atoms with van der Waals surface area (Å²) >= 11 is 1.52. The molecule has 0 unspecified atom stereocenters. The van der Waals surface area contributed by atoms with Gasteiger partial charge in [-0.2, -0.15) is 5.10 Å². The van der Waals surface area contributed by atoms with Gasteiger partial charge in [0.15, 0.2) is 0 Å². The van der Waals surface area contributed by atoms with Crippen LogP contribution in [0.15, 0.2) is 40.8 Å². The number of hydrogen-bond acceptors (Lipinski definition) is 5. The molecule has 126 valence electrons. The zero-order chi connectivity index (χ0) is 17.1. The second-order valence-corrected chi connectivity index (χ2v) is 6.83. The summed E-state index contributed by atoms with van der Waals surface area (Å²) in [7, 11) is 1.87. The molecule has 0 spiro atoms. The number of hydrogen-bond donors (Lipinski definition) is 0. The highest BCUT2D eigenvalue weighted by Gasteiger charge is 2.19. The van der Waals surface area contributed by atoms with E-state index in [9.17, 15) is 4.79 Å². The van der Waals surface area contributed by atoms with Crippen LogP contribution in [0.3, 0.4) is 0 Å². The molecule has 0 aliphatic rings. The van der Waals surface area contributed by atoms with Gasteiger partial charge in [-0.3, -0.25) is 9.48 Å². The van der Waals surface area contributed by atoms with E-state index in [4.69, 9.17) is 4.42 Å². The molecule has 0 radical (unpaired) electrons. The average molecular weight is 344 g/mol. The number of aromatic nitrogens is 3. The zero-order valence-corrected chi connectivity index (χ0v) is 14.8. The fraction of sp³-hybridized carbons (Fsp3) is 0.353. The quantitative estimate of drug-likeness (QED) is 0.689. The number of thiazole rings is 1. The SMILES string of the molecule is CC(C)N(Cc1cnn(C)c1)C(=O)Cc1csc(-c2ccoc2)n1. The van der Waals surface area contributed by atoms with E-state index in [0.717, 1.165) is 21.8 Å². The van der Waals surface area contributed by atoms with E-state index >= 15 is 0 Å². The Labute approximate surface area is 144 Å². The molecule has 3 aromatic heterocycles. The molecule has 3 rings (SSSR count). The third-order valence-corrected chi connectivity index (χ3v) is 4.65. The number of carbonyl (C=O) groups excluding carboxylic acids is 1. The van der Waals surface area contributed by atoms with Crippen molar-refractivity contribution < 1.29 is 9.21 Å². The van der Waals surface area contributed by atoms with Crippen LogP contribution >= 0.6 is 11.3 Å². The maximum atomic E-state index is 12.7. The van der Waals surface area contributed by atoms with Gasteiger partial charge in [0.25, 0.3) is 0 Å². The largest absolute Gasteiger partial charge is 0.472 e. The monoisotopic (exact) mass is 344 g/mol. The number of nitrogens with zero attached hydrogens (tertiary/aromatic N) is 4. The molecule has 0 aliphatic carbocycles. The lowest BCUT2D eigenvalue weighted by molar-refractivity contribution is -0.132. The Bertz CT molecular complexity index is 804. The summed E-state index contributed by atoms with van der Waals surface area (Å²) in [6.07, 6.45) is 7.31. The van der Waals surface area contributed by atoms with E-state index in [0.29, 0.717) is 13.0 Å². The smallest absolute Gasteiger partial charge is 0.229 e. The summed E-state index contributed by atoms with van der Waals surface area (Å²) in [4.78, 5) is 19.1. The Balaban J connectivity index is 1.69. The molecule has 0 aliphatic heterocycles. The van der Waals surface area contributed by atoms with Crippen LogP contribution in [0.25, 0.3) is 10.6 Å². The molecule has 3 aromatic rings. The van der Waals surface area contributed by atoms with Gasteiger partial charge in [-0.1, -0.05) is 0 Å². The van der Waals surface area contributed by atoms with Crippen LogP contribution < -0.4 is 0 Å².